The van der Waals surface area contributed by atoms with E-state index >= 15 is 0 Å². The molecule has 4 N–H and O–H groups in total. The van der Waals surface area contributed by atoms with Gasteiger partial charge in [0.25, 0.3) is 0 Å². The highest BCUT2D eigenvalue weighted by atomic mass is 16.5. The van der Waals surface area contributed by atoms with Crippen molar-refractivity contribution in [2.45, 2.75) is 38.8 Å². The maximum absolute atomic E-state index is 12.0. The summed E-state index contributed by atoms with van der Waals surface area (Å²) in [6.45, 7) is 5.29. The van der Waals surface area contributed by atoms with Gasteiger partial charge in [0, 0.05) is 13.1 Å². The summed E-state index contributed by atoms with van der Waals surface area (Å²) in [5.74, 6) is -0.348. The molecule has 0 bridgehead atoms. The molecule has 1 heterocycles. The smallest absolute Gasteiger partial charge is 0.241 e. The van der Waals surface area contributed by atoms with Crippen LogP contribution in [0.1, 0.15) is 26.7 Å². The highest BCUT2D eigenvalue weighted by Crippen LogP contribution is 2.13. The monoisotopic (exact) mass is 301 g/mol. The van der Waals surface area contributed by atoms with Gasteiger partial charge >= 0.3 is 0 Å². The number of piperidine rings is 1. The lowest BCUT2D eigenvalue weighted by Gasteiger charge is -2.32. The molecule has 0 radical (unpaired) electrons. The van der Waals surface area contributed by atoms with E-state index in [9.17, 15) is 9.59 Å². The molecule has 0 saturated carbocycles. The Morgan fingerprint density at radius 2 is 2.00 bits per heavy atom. The van der Waals surface area contributed by atoms with Crippen LogP contribution in [0.4, 0.5) is 0 Å². The van der Waals surface area contributed by atoms with Crippen molar-refractivity contribution in [1.29, 1.82) is 0 Å². The number of nitrogens with zero attached hydrogens (tertiary/aromatic N) is 1. The molecule has 0 aliphatic carbocycles. The summed E-state index contributed by atoms with van der Waals surface area (Å²) >= 11 is 0. The second kappa shape index (κ2) is 8.96. The van der Waals surface area contributed by atoms with Gasteiger partial charge in [-0.1, -0.05) is 13.8 Å². The van der Waals surface area contributed by atoms with Gasteiger partial charge in [-0.25, -0.2) is 0 Å². The Labute approximate surface area is 125 Å². The standard InChI is InChI=1S/C14H27N3O4/c1-10(2)13(15)14(20)16-9-12(19)17-5-3-11(4-6-17)21-8-7-18/h10-11,13,18H,3-9,15H2,1-2H3,(H,16,20)/t13-/m0/s1. The first-order valence-electron chi connectivity index (χ1n) is 7.49. The Bertz CT molecular complexity index is 341. The van der Waals surface area contributed by atoms with Crippen molar-refractivity contribution in [2.75, 3.05) is 32.8 Å². The first-order chi connectivity index (χ1) is 9.95. The van der Waals surface area contributed by atoms with E-state index in [0.717, 1.165) is 12.8 Å². The molecule has 1 aliphatic rings. The van der Waals surface area contributed by atoms with Gasteiger partial charge in [0.15, 0.2) is 0 Å². The molecule has 0 aromatic carbocycles. The summed E-state index contributed by atoms with van der Waals surface area (Å²) in [6.07, 6.45) is 1.61. The molecule has 7 heteroatoms. The van der Waals surface area contributed by atoms with E-state index in [0.29, 0.717) is 19.7 Å². The molecule has 2 amide bonds. The van der Waals surface area contributed by atoms with E-state index in [4.69, 9.17) is 15.6 Å². The number of nitrogens with two attached hydrogens (primary N) is 1. The highest BCUT2D eigenvalue weighted by molar-refractivity contribution is 5.87. The number of carbonyl (C=O) groups excluding carboxylic acids is 2. The van der Waals surface area contributed by atoms with Gasteiger partial charge in [0.05, 0.1) is 31.9 Å². The van der Waals surface area contributed by atoms with Crippen LogP contribution >= 0.6 is 0 Å². The zero-order valence-electron chi connectivity index (χ0n) is 12.9. The zero-order chi connectivity index (χ0) is 15.8. The second-order valence-electron chi connectivity index (χ2n) is 5.66. The molecule has 122 valence electrons. The fourth-order valence-electron chi connectivity index (χ4n) is 2.19. The third-order valence-electron chi connectivity index (χ3n) is 3.67. The molecule has 0 aromatic rings. The average molecular weight is 301 g/mol. The topological polar surface area (TPSA) is 105 Å². The van der Waals surface area contributed by atoms with E-state index in [-0.39, 0.29) is 37.0 Å². The molecule has 1 rings (SSSR count). The molecule has 0 unspecified atom stereocenters. The molecule has 7 nitrogen and oxygen atoms in total. The summed E-state index contributed by atoms with van der Waals surface area (Å²) in [5.41, 5.74) is 5.72. The van der Waals surface area contributed by atoms with Crippen molar-refractivity contribution in [1.82, 2.24) is 10.2 Å². The number of likely N-dealkylation sites (tertiary alicyclic amines) is 1. The van der Waals surface area contributed by atoms with Crippen molar-refractivity contribution in [2.24, 2.45) is 11.7 Å². The van der Waals surface area contributed by atoms with Crippen LogP contribution in [0.2, 0.25) is 0 Å². The number of hydrogen-bond donors (Lipinski definition) is 3. The summed E-state index contributed by atoms with van der Waals surface area (Å²) in [5, 5.41) is 11.3. The average Bonchev–Trinajstić information content (AvgIpc) is 2.49. The van der Waals surface area contributed by atoms with Crippen molar-refractivity contribution in [3.8, 4) is 0 Å². The van der Waals surface area contributed by atoms with Crippen LogP contribution in [0.25, 0.3) is 0 Å². The van der Waals surface area contributed by atoms with Crippen molar-refractivity contribution >= 4 is 11.8 Å². The quantitative estimate of drug-likeness (QED) is 0.564. The van der Waals surface area contributed by atoms with Crippen LogP contribution in [0.15, 0.2) is 0 Å². The number of aliphatic hydroxyl groups excluding tert-OH is 1. The van der Waals surface area contributed by atoms with E-state index in [1.165, 1.54) is 0 Å². The highest BCUT2D eigenvalue weighted by Gasteiger charge is 2.24. The van der Waals surface area contributed by atoms with Gasteiger partial charge in [0.2, 0.25) is 11.8 Å². The Morgan fingerprint density at radius 1 is 1.38 bits per heavy atom. The molecule has 0 spiro atoms. The van der Waals surface area contributed by atoms with E-state index in [1.807, 2.05) is 13.8 Å². The van der Waals surface area contributed by atoms with E-state index in [1.54, 1.807) is 4.90 Å². The van der Waals surface area contributed by atoms with E-state index in [2.05, 4.69) is 5.32 Å². The second-order valence-corrected chi connectivity index (χ2v) is 5.66. The van der Waals surface area contributed by atoms with Crippen LogP contribution in [-0.4, -0.2) is 66.8 Å². The lowest BCUT2D eigenvalue weighted by atomic mass is 10.1. The fourth-order valence-corrected chi connectivity index (χ4v) is 2.19. The Morgan fingerprint density at radius 3 is 2.52 bits per heavy atom. The number of nitrogens with one attached hydrogen (secondary N) is 1. The van der Waals surface area contributed by atoms with Crippen LogP contribution in [-0.2, 0) is 14.3 Å². The first-order valence-corrected chi connectivity index (χ1v) is 7.49. The number of aliphatic hydroxyl groups is 1. The predicted octanol–water partition coefficient (Wildman–Crippen LogP) is -0.914. The van der Waals surface area contributed by atoms with Crippen LogP contribution in [0, 0.1) is 5.92 Å². The molecule has 1 aliphatic heterocycles. The normalized spacial score (nSPS) is 17.9. The van der Waals surface area contributed by atoms with Gasteiger partial charge in [-0.2, -0.15) is 0 Å². The minimum absolute atomic E-state index is 0.0125. The van der Waals surface area contributed by atoms with Crippen LogP contribution < -0.4 is 11.1 Å². The zero-order valence-corrected chi connectivity index (χ0v) is 12.9. The maximum Gasteiger partial charge on any atom is 0.241 e. The van der Waals surface area contributed by atoms with Gasteiger partial charge in [-0.3, -0.25) is 9.59 Å². The maximum atomic E-state index is 12.0. The minimum Gasteiger partial charge on any atom is -0.394 e. The number of carbonyl (C=O) groups is 2. The third-order valence-corrected chi connectivity index (χ3v) is 3.67. The molecule has 1 fully saturated rings. The Hall–Kier alpha value is -1.18. The van der Waals surface area contributed by atoms with Crippen LogP contribution in [0.5, 0.6) is 0 Å². The van der Waals surface area contributed by atoms with E-state index < -0.39 is 6.04 Å². The van der Waals surface area contributed by atoms with Gasteiger partial charge in [0.1, 0.15) is 0 Å². The van der Waals surface area contributed by atoms with Gasteiger partial charge in [-0.15, -0.1) is 0 Å². The van der Waals surface area contributed by atoms with Crippen molar-refractivity contribution in [3.63, 3.8) is 0 Å². The fraction of sp³-hybridized carbons (Fsp3) is 0.857. The van der Waals surface area contributed by atoms with Crippen molar-refractivity contribution < 1.29 is 19.4 Å². The van der Waals surface area contributed by atoms with Gasteiger partial charge in [-0.05, 0) is 18.8 Å². The predicted molar refractivity (Wildman–Crippen MR) is 78.5 cm³/mol. The largest absolute Gasteiger partial charge is 0.394 e. The summed E-state index contributed by atoms with van der Waals surface area (Å²) < 4.78 is 5.44. The lowest BCUT2D eigenvalue weighted by Crippen LogP contribution is -2.49. The van der Waals surface area contributed by atoms with Gasteiger partial charge < -0.3 is 25.8 Å². The number of ether oxygens (including phenoxy) is 1. The third kappa shape index (κ3) is 5.99. The molecule has 0 aromatic heterocycles. The lowest BCUT2D eigenvalue weighted by molar-refractivity contribution is -0.135. The summed E-state index contributed by atoms with van der Waals surface area (Å²) in [7, 11) is 0. The molecule has 1 atom stereocenters. The summed E-state index contributed by atoms with van der Waals surface area (Å²) in [6, 6.07) is -0.588. The molecular formula is C14H27N3O4. The Balaban J connectivity index is 2.26. The minimum atomic E-state index is -0.588. The number of rotatable bonds is 7. The SMILES string of the molecule is CC(C)[C@H](N)C(=O)NCC(=O)N1CCC(OCCO)CC1. The number of amides is 2. The first kappa shape index (κ1) is 17.9. The van der Waals surface area contributed by atoms with Crippen molar-refractivity contribution in [3.05, 3.63) is 0 Å². The molecule has 21 heavy (non-hydrogen) atoms. The van der Waals surface area contributed by atoms with Crippen LogP contribution in [0.3, 0.4) is 0 Å². The Kier molecular flexibility index (Phi) is 7.63. The molecule has 1 saturated heterocycles. The molecular weight excluding hydrogens is 274 g/mol. The number of hydrogen-bond acceptors (Lipinski definition) is 5. The summed E-state index contributed by atoms with van der Waals surface area (Å²) in [4.78, 5) is 25.4.